The van der Waals surface area contributed by atoms with Crippen LogP contribution in [0.5, 0.6) is 0 Å². The van der Waals surface area contributed by atoms with Crippen LogP contribution < -0.4 is 0 Å². The molecule has 0 bridgehead atoms. The Morgan fingerprint density at radius 2 is 1.10 bits per heavy atom. The fraction of sp³-hybridized carbons (Fsp3) is 0.281. The van der Waals surface area contributed by atoms with E-state index in [1.165, 1.54) is 9.80 Å². The number of rotatable bonds is 8. The Labute approximate surface area is 230 Å². The van der Waals surface area contributed by atoms with E-state index < -0.39 is 6.23 Å². The van der Waals surface area contributed by atoms with Gasteiger partial charge in [0.25, 0.3) is 17.7 Å². The lowest BCUT2D eigenvalue weighted by atomic mass is 9.82. The molecule has 202 valence electrons. The molecule has 2 aliphatic heterocycles. The van der Waals surface area contributed by atoms with Crippen molar-refractivity contribution in [1.82, 2.24) is 9.80 Å². The zero-order chi connectivity index (χ0) is 27.7. The average molecular weight is 537 g/mol. The Bertz CT molecular complexity index is 1810. The van der Waals surface area contributed by atoms with Crippen LogP contribution in [0.25, 0.3) is 43.1 Å². The van der Waals surface area contributed by atoms with Crippen molar-refractivity contribution in [2.24, 2.45) is 0 Å². The van der Waals surface area contributed by atoms with E-state index in [4.69, 9.17) is 9.47 Å². The number of aliphatic hydroxyl groups excluding tert-OH is 1. The molecular weight excluding hydrogens is 508 g/mol. The molecule has 3 amide bonds. The zero-order valence-electron chi connectivity index (χ0n) is 22.3. The molecule has 0 aromatic heterocycles. The van der Waals surface area contributed by atoms with E-state index in [1.54, 1.807) is 26.4 Å². The van der Waals surface area contributed by atoms with Gasteiger partial charge in [0.15, 0.2) is 6.23 Å². The Morgan fingerprint density at radius 3 is 1.65 bits per heavy atom. The molecule has 1 atom stereocenters. The first-order valence-corrected chi connectivity index (χ1v) is 13.5. The van der Waals surface area contributed by atoms with E-state index in [9.17, 15) is 19.5 Å². The Hall–Kier alpha value is -4.11. The SMILES string of the molecule is COCCCN1C(=O)c2ccc3c4ccc5c6c(ccc(c7ccc(c2c37)C1=O)c64)C(O)N(CCCOC)C5=O. The molecule has 0 fully saturated rings. The van der Waals surface area contributed by atoms with Crippen LogP contribution in [0.4, 0.5) is 0 Å². The van der Waals surface area contributed by atoms with Crippen molar-refractivity contribution in [3.05, 3.63) is 70.8 Å². The molecule has 0 saturated carbocycles. The first-order valence-electron chi connectivity index (χ1n) is 13.5. The largest absolute Gasteiger partial charge is 0.385 e. The van der Waals surface area contributed by atoms with E-state index in [0.29, 0.717) is 66.8 Å². The molecule has 0 spiro atoms. The molecule has 8 heteroatoms. The fourth-order valence-electron chi connectivity index (χ4n) is 6.66. The Morgan fingerprint density at radius 1 is 0.625 bits per heavy atom. The number of carbonyl (C=O) groups is 3. The third-order valence-electron chi connectivity index (χ3n) is 8.43. The van der Waals surface area contributed by atoms with Gasteiger partial charge in [0, 0.05) is 73.5 Å². The minimum absolute atomic E-state index is 0.208. The smallest absolute Gasteiger partial charge is 0.261 e. The van der Waals surface area contributed by atoms with Crippen LogP contribution in [-0.4, -0.2) is 73.2 Å². The summed E-state index contributed by atoms with van der Waals surface area (Å²) in [6.07, 6.45) is 0.129. The minimum atomic E-state index is -1.06. The molecule has 0 saturated heterocycles. The summed E-state index contributed by atoms with van der Waals surface area (Å²) < 4.78 is 10.3. The molecule has 2 heterocycles. The number of amides is 3. The van der Waals surface area contributed by atoms with Gasteiger partial charge in [-0.25, -0.2) is 0 Å². The lowest BCUT2D eigenvalue weighted by Gasteiger charge is -2.34. The minimum Gasteiger partial charge on any atom is -0.385 e. The normalized spacial score (nSPS) is 17.0. The van der Waals surface area contributed by atoms with Crippen LogP contribution in [0.3, 0.4) is 0 Å². The van der Waals surface area contributed by atoms with Gasteiger partial charge in [0.05, 0.1) is 0 Å². The number of aliphatic hydroxyl groups is 1. The number of hydrogen-bond acceptors (Lipinski definition) is 6. The third kappa shape index (κ3) is 3.27. The second kappa shape index (κ2) is 9.23. The molecule has 8 nitrogen and oxygen atoms in total. The number of benzene rings is 5. The van der Waals surface area contributed by atoms with E-state index >= 15 is 0 Å². The summed E-state index contributed by atoms with van der Waals surface area (Å²) in [6.45, 7) is 1.64. The summed E-state index contributed by atoms with van der Waals surface area (Å²) >= 11 is 0. The van der Waals surface area contributed by atoms with Crippen molar-refractivity contribution in [2.75, 3.05) is 40.5 Å². The first-order chi connectivity index (χ1) is 19.5. The van der Waals surface area contributed by atoms with Gasteiger partial charge in [-0.3, -0.25) is 19.3 Å². The highest BCUT2D eigenvalue weighted by atomic mass is 16.5. The highest BCUT2D eigenvalue weighted by Crippen LogP contribution is 2.47. The van der Waals surface area contributed by atoms with E-state index in [1.807, 2.05) is 36.4 Å². The van der Waals surface area contributed by atoms with Gasteiger partial charge in [-0.05, 0) is 63.4 Å². The van der Waals surface area contributed by atoms with Gasteiger partial charge >= 0.3 is 0 Å². The highest BCUT2D eigenvalue weighted by Gasteiger charge is 2.36. The quantitative estimate of drug-likeness (QED) is 0.132. The standard InChI is InChI=1S/C32H28N2O6/c1-39-15-3-13-33-29(35)21-9-5-17-19-7-11-23-28-24(32(38)34(31(23)37)14-4-16-40-2)12-8-20(26(19)28)18-6-10-22(30(33)36)27(21)25(17)18/h5-12,29,35H,3-4,13-16H2,1-2H3. The number of nitrogens with zero attached hydrogens (tertiary/aromatic N) is 2. The summed E-state index contributed by atoms with van der Waals surface area (Å²) in [7, 11) is 3.21. The van der Waals surface area contributed by atoms with Gasteiger partial charge in [0.2, 0.25) is 0 Å². The predicted octanol–water partition coefficient (Wildman–Crippen LogP) is 4.85. The summed E-state index contributed by atoms with van der Waals surface area (Å²) in [5, 5.41) is 18.1. The monoisotopic (exact) mass is 536 g/mol. The lowest BCUT2D eigenvalue weighted by Crippen LogP contribution is -2.41. The average Bonchev–Trinajstić information content (AvgIpc) is 2.97. The summed E-state index contributed by atoms with van der Waals surface area (Å²) in [5.74, 6) is -0.799. The number of methoxy groups -OCH3 is 2. The van der Waals surface area contributed by atoms with Crippen molar-refractivity contribution in [2.45, 2.75) is 19.1 Å². The maximum absolute atomic E-state index is 13.5. The van der Waals surface area contributed by atoms with Gasteiger partial charge in [0.1, 0.15) is 0 Å². The van der Waals surface area contributed by atoms with Gasteiger partial charge < -0.3 is 19.5 Å². The van der Waals surface area contributed by atoms with Crippen molar-refractivity contribution < 1.29 is 29.0 Å². The first kappa shape index (κ1) is 24.9. The maximum atomic E-state index is 13.5. The molecule has 5 aromatic carbocycles. The molecule has 40 heavy (non-hydrogen) atoms. The van der Waals surface area contributed by atoms with Crippen molar-refractivity contribution >= 4 is 60.8 Å². The third-order valence-corrected chi connectivity index (χ3v) is 8.43. The summed E-state index contributed by atoms with van der Waals surface area (Å²) in [6, 6.07) is 15.1. The number of fused-ring (bicyclic) bond motifs is 2. The van der Waals surface area contributed by atoms with Crippen LogP contribution in [0.2, 0.25) is 0 Å². The number of imide groups is 1. The second-order valence-electron chi connectivity index (χ2n) is 10.5. The van der Waals surface area contributed by atoms with E-state index in [0.717, 1.165) is 37.7 Å². The fourth-order valence-corrected chi connectivity index (χ4v) is 6.66. The summed E-state index contributed by atoms with van der Waals surface area (Å²) in [5.41, 5.74) is 2.28. The maximum Gasteiger partial charge on any atom is 0.261 e. The van der Waals surface area contributed by atoms with Gasteiger partial charge in [-0.15, -0.1) is 0 Å². The predicted molar refractivity (Wildman–Crippen MR) is 152 cm³/mol. The van der Waals surface area contributed by atoms with Crippen molar-refractivity contribution in [3.8, 4) is 0 Å². The Kier molecular flexibility index (Phi) is 5.75. The van der Waals surface area contributed by atoms with Crippen LogP contribution in [-0.2, 0) is 9.47 Å². The topological polar surface area (TPSA) is 96.4 Å². The molecule has 1 unspecified atom stereocenters. The van der Waals surface area contributed by atoms with Crippen LogP contribution in [0.15, 0.2) is 48.5 Å². The van der Waals surface area contributed by atoms with Crippen LogP contribution in [0, 0.1) is 0 Å². The molecule has 0 radical (unpaired) electrons. The molecule has 1 N–H and O–H groups in total. The highest BCUT2D eigenvalue weighted by molar-refractivity contribution is 6.39. The van der Waals surface area contributed by atoms with Crippen LogP contribution >= 0.6 is 0 Å². The molecule has 5 aromatic rings. The van der Waals surface area contributed by atoms with Gasteiger partial charge in [-0.1, -0.05) is 30.3 Å². The van der Waals surface area contributed by atoms with E-state index in [2.05, 4.69) is 0 Å². The number of hydrogen-bond donors (Lipinski definition) is 1. The molecular formula is C32H28N2O6. The zero-order valence-corrected chi connectivity index (χ0v) is 22.3. The molecule has 2 aliphatic rings. The number of carbonyl (C=O) groups excluding carboxylic acids is 3. The van der Waals surface area contributed by atoms with Crippen molar-refractivity contribution in [3.63, 3.8) is 0 Å². The number of ether oxygens (including phenoxy) is 2. The van der Waals surface area contributed by atoms with Crippen molar-refractivity contribution in [1.29, 1.82) is 0 Å². The van der Waals surface area contributed by atoms with Gasteiger partial charge in [-0.2, -0.15) is 0 Å². The van der Waals surface area contributed by atoms with Crippen LogP contribution in [0.1, 0.15) is 55.7 Å². The molecule has 7 rings (SSSR count). The Balaban J connectivity index is 1.47. The summed E-state index contributed by atoms with van der Waals surface area (Å²) in [4.78, 5) is 43.3. The second-order valence-corrected chi connectivity index (χ2v) is 10.5. The van der Waals surface area contributed by atoms with E-state index in [-0.39, 0.29) is 17.7 Å². The lowest BCUT2D eigenvalue weighted by molar-refractivity contribution is 0.00191. The molecule has 0 aliphatic carbocycles.